The second-order valence-electron chi connectivity index (χ2n) is 7.34. The Morgan fingerprint density at radius 1 is 1.15 bits per heavy atom. The summed E-state index contributed by atoms with van der Waals surface area (Å²) in [5, 5.41) is 0. The van der Waals surface area contributed by atoms with Crippen LogP contribution in [-0.2, 0) is 9.53 Å². The van der Waals surface area contributed by atoms with Gasteiger partial charge in [-0.15, -0.1) is 0 Å². The van der Waals surface area contributed by atoms with E-state index in [0.717, 1.165) is 32.5 Å². The van der Waals surface area contributed by atoms with Gasteiger partial charge in [-0.25, -0.2) is 14.2 Å². The van der Waals surface area contributed by atoms with Crippen molar-refractivity contribution in [1.29, 1.82) is 0 Å². The predicted molar refractivity (Wildman–Crippen MR) is 103 cm³/mol. The molecule has 140 valence electrons. The van der Waals surface area contributed by atoms with Crippen molar-refractivity contribution in [2.75, 3.05) is 19.6 Å². The summed E-state index contributed by atoms with van der Waals surface area (Å²) in [6, 6.07) is 13.9. The van der Waals surface area contributed by atoms with Crippen LogP contribution in [-0.4, -0.2) is 42.3 Å². The minimum absolute atomic E-state index is 0.0938. The first kappa shape index (κ1) is 17.9. The third-order valence-electron chi connectivity index (χ3n) is 5.49. The summed E-state index contributed by atoms with van der Waals surface area (Å²) < 4.78 is 19.8. The summed E-state index contributed by atoms with van der Waals surface area (Å²) in [4.78, 5) is 19.8. The summed E-state index contributed by atoms with van der Waals surface area (Å²) >= 11 is 0. The van der Waals surface area contributed by atoms with Crippen LogP contribution in [0.25, 0.3) is 0 Å². The first-order chi connectivity index (χ1) is 13.1. The van der Waals surface area contributed by atoms with Gasteiger partial charge in [-0.2, -0.15) is 0 Å². The molecule has 0 spiro atoms. The van der Waals surface area contributed by atoms with Crippen LogP contribution in [0.2, 0.25) is 0 Å². The highest BCUT2D eigenvalue weighted by molar-refractivity contribution is 6.43. The van der Waals surface area contributed by atoms with Gasteiger partial charge in [-0.3, -0.25) is 4.90 Å². The van der Waals surface area contributed by atoms with E-state index in [2.05, 4.69) is 9.89 Å². The maximum atomic E-state index is 13.9. The monoisotopic (exact) mass is 366 g/mol. The van der Waals surface area contributed by atoms with Crippen molar-refractivity contribution in [1.82, 2.24) is 4.90 Å². The molecule has 4 nitrogen and oxygen atoms in total. The Morgan fingerprint density at radius 3 is 2.52 bits per heavy atom. The summed E-state index contributed by atoms with van der Waals surface area (Å²) in [7, 11) is 0. The molecule has 27 heavy (non-hydrogen) atoms. The molecule has 3 aliphatic heterocycles. The SMILES string of the molecule is Cc1ccc(N=C(C(=O)OC2CN3CCC2CC3)c2ccccc2)cc1F. The number of aliphatic imine (C=N–C) groups is 1. The second-order valence-corrected chi connectivity index (χ2v) is 7.34. The van der Waals surface area contributed by atoms with E-state index in [1.54, 1.807) is 19.1 Å². The largest absolute Gasteiger partial charge is 0.456 e. The molecule has 2 aromatic rings. The number of halogens is 1. The van der Waals surface area contributed by atoms with E-state index in [9.17, 15) is 9.18 Å². The molecule has 0 aliphatic carbocycles. The van der Waals surface area contributed by atoms with Crippen molar-refractivity contribution in [3.05, 3.63) is 65.5 Å². The molecule has 0 saturated carbocycles. The third kappa shape index (κ3) is 3.93. The quantitative estimate of drug-likeness (QED) is 0.609. The molecule has 0 aromatic heterocycles. The Hall–Kier alpha value is -2.53. The summed E-state index contributed by atoms with van der Waals surface area (Å²) in [5.74, 6) is -0.358. The summed E-state index contributed by atoms with van der Waals surface area (Å²) in [5.41, 5.74) is 1.84. The van der Waals surface area contributed by atoms with Crippen LogP contribution < -0.4 is 0 Å². The smallest absolute Gasteiger partial charge is 0.357 e. The van der Waals surface area contributed by atoms with E-state index in [-0.39, 0.29) is 17.6 Å². The maximum absolute atomic E-state index is 13.9. The number of nitrogens with zero attached hydrogens (tertiary/aromatic N) is 2. The molecule has 0 N–H and O–H groups in total. The normalized spacial score (nSPS) is 24.7. The van der Waals surface area contributed by atoms with Gasteiger partial charge in [-0.1, -0.05) is 36.4 Å². The van der Waals surface area contributed by atoms with E-state index in [1.807, 2.05) is 30.3 Å². The van der Waals surface area contributed by atoms with Crippen LogP contribution in [0.1, 0.15) is 24.0 Å². The van der Waals surface area contributed by atoms with Crippen molar-refractivity contribution in [2.24, 2.45) is 10.9 Å². The van der Waals surface area contributed by atoms with Gasteiger partial charge < -0.3 is 4.74 Å². The van der Waals surface area contributed by atoms with Gasteiger partial charge in [0.2, 0.25) is 0 Å². The van der Waals surface area contributed by atoms with Crippen LogP contribution in [0.3, 0.4) is 0 Å². The Labute approximate surface area is 158 Å². The number of piperidine rings is 3. The van der Waals surface area contributed by atoms with Crippen LogP contribution in [0.15, 0.2) is 53.5 Å². The molecule has 0 radical (unpaired) electrons. The number of carbonyl (C=O) groups is 1. The minimum Gasteiger partial charge on any atom is -0.456 e. The third-order valence-corrected chi connectivity index (χ3v) is 5.49. The topological polar surface area (TPSA) is 41.9 Å². The number of esters is 1. The molecule has 2 aromatic carbocycles. The van der Waals surface area contributed by atoms with Gasteiger partial charge in [0.15, 0.2) is 5.71 Å². The minimum atomic E-state index is -0.444. The predicted octanol–water partition coefficient (Wildman–Crippen LogP) is 3.89. The highest BCUT2D eigenvalue weighted by Crippen LogP contribution is 2.30. The average Bonchev–Trinajstić information content (AvgIpc) is 2.70. The van der Waals surface area contributed by atoms with Crippen LogP contribution in [0.4, 0.5) is 10.1 Å². The average molecular weight is 366 g/mol. The number of hydrogen-bond acceptors (Lipinski definition) is 4. The standard InChI is InChI=1S/C22H23FN2O2/c1-15-7-8-18(13-19(15)23)24-21(17-5-3-2-4-6-17)22(26)27-20-14-25-11-9-16(20)10-12-25/h2-8,13,16,20H,9-12,14H2,1H3. The van der Waals surface area contributed by atoms with Crippen molar-refractivity contribution in [3.63, 3.8) is 0 Å². The molecule has 3 aliphatic rings. The number of benzene rings is 2. The van der Waals surface area contributed by atoms with Crippen LogP contribution in [0, 0.1) is 18.7 Å². The molecule has 2 bridgehead atoms. The lowest BCUT2D eigenvalue weighted by atomic mass is 9.86. The van der Waals surface area contributed by atoms with Crippen LogP contribution in [0.5, 0.6) is 0 Å². The maximum Gasteiger partial charge on any atom is 0.357 e. The Balaban J connectivity index is 1.62. The van der Waals surface area contributed by atoms with Crippen molar-refractivity contribution >= 4 is 17.4 Å². The summed E-state index contributed by atoms with van der Waals surface area (Å²) in [6.45, 7) is 4.66. The Morgan fingerprint density at radius 2 is 1.89 bits per heavy atom. The van der Waals surface area contributed by atoms with Gasteiger partial charge >= 0.3 is 5.97 Å². The molecule has 0 amide bonds. The van der Waals surface area contributed by atoms with Gasteiger partial charge in [0.25, 0.3) is 0 Å². The molecular formula is C22H23FN2O2. The van der Waals surface area contributed by atoms with E-state index >= 15 is 0 Å². The fourth-order valence-corrected chi connectivity index (χ4v) is 3.84. The van der Waals surface area contributed by atoms with Crippen molar-refractivity contribution < 1.29 is 13.9 Å². The van der Waals surface area contributed by atoms with Gasteiger partial charge in [0.05, 0.1) is 5.69 Å². The van der Waals surface area contributed by atoms with E-state index in [4.69, 9.17) is 4.74 Å². The molecule has 3 saturated heterocycles. The lowest BCUT2D eigenvalue weighted by Crippen LogP contribution is -2.52. The van der Waals surface area contributed by atoms with Gasteiger partial charge in [0, 0.05) is 12.1 Å². The van der Waals surface area contributed by atoms with Crippen LogP contribution >= 0.6 is 0 Å². The highest BCUT2D eigenvalue weighted by Gasteiger charge is 2.37. The molecule has 3 fully saturated rings. The van der Waals surface area contributed by atoms with Gasteiger partial charge in [0.1, 0.15) is 11.9 Å². The van der Waals surface area contributed by atoms with Crippen molar-refractivity contribution in [2.45, 2.75) is 25.9 Å². The highest BCUT2D eigenvalue weighted by atomic mass is 19.1. The lowest BCUT2D eigenvalue weighted by molar-refractivity contribution is -0.150. The zero-order chi connectivity index (χ0) is 18.8. The first-order valence-electron chi connectivity index (χ1n) is 9.44. The van der Waals surface area contributed by atoms with E-state index in [1.165, 1.54) is 6.07 Å². The number of hydrogen-bond donors (Lipinski definition) is 0. The zero-order valence-corrected chi connectivity index (χ0v) is 15.4. The van der Waals surface area contributed by atoms with E-state index < -0.39 is 5.97 Å². The molecule has 5 rings (SSSR count). The molecule has 5 heteroatoms. The van der Waals surface area contributed by atoms with E-state index in [0.29, 0.717) is 22.7 Å². The number of aryl methyl sites for hydroxylation is 1. The number of ether oxygens (including phenoxy) is 1. The first-order valence-corrected chi connectivity index (χ1v) is 9.44. The number of carbonyl (C=O) groups excluding carboxylic acids is 1. The van der Waals surface area contributed by atoms with Crippen molar-refractivity contribution in [3.8, 4) is 0 Å². The lowest BCUT2D eigenvalue weighted by Gasteiger charge is -2.43. The number of rotatable bonds is 4. The Bertz CT molecular complexity index is 858. The summed E-state index contributed by atoms with van der Waals surface area (Å²) in [6.07, 6.45) is 2.04. The molecule has 1 atom stereocenters. The molecule has 3 heterocycles. The second kappa shape index (κ2) is 7.61. The zero-order valence-electron chi connectivity index (χ0n) is 15.4. The number of fused-ring (bicyclic) bond motifs is 3. The molecule has 1 unspecified atom stereocenters. The molecular weight excluding hydrogens is 343 g/mol. The Kier molecular flexibility index (Phi) is 5.03. The fourth-order valence-electron chi connectivity index (χ4n) is 3.84. The fraction of sp³-hybridized carbons (Fsp3) is 0.364. The van der Waals surface area contributed by atoms with Gasteiger partial charge in [-0.05, 0) is 56.5 Å².